The maximum absolute atomic E-state index is 4.50. The van der Waals surface area contributed by atoms with Gasteiger partial charge in [0.05, 0.1) is 6.33 Å². The number of hydrogen-bond donors (Lipinski definition) is 0. The highest BCUT2D eigenvalue weighted by Crippen LogP contribution is 2.23. The van der Waals surface area contributed by atoms with Gasteiger partial charge in [0.25, 0.3) is 0 Å². The van der Waals surface area contributed by atoms with E-state index in [9.17, 15) is 0 Å². The molecule has 0 amide bonds. The Labute approximate surface area is 133 Å². The fraction of sp³-hybridized carbons (Fsp3) is 0.400. The molecule has 4 heterocycles. The van der Waals surface area contributed by atoms with Crippen molar-refractivity contribution in [3.8, 4) is 0 Å². The molecule has 0 spiro atoms. The van der Waals surface area contributed by atoms with Crippen LogP contribution in [0.1, 0.15) is 6.92 Å². The second kappa shape index (κ2) is 5.79. The number of piperazine rings is 1. The van der Waals surface area contributed by atoms with Crippen LogP contribution in [0.3, 0.4) is 0 Å². The Kier molecular flexibility index (Phi) is 3.49. The molecule has 1 aliphatic rings. The number of hydrogen-bond acceptors (Lipinski definition) is 7. The number of rotatable bonds is 3. The van der Waals surface area contributed by atoms with Crippen LogP contribution in [0.4, 0.5) is 11.8 Å². The third-order valence-corrected chi connectivity index (χ3v) is 4.14. The molecule has 8 nitrogen and oxygen atoms in total. The number of aromatic nitrogens is 6. The molecule has 0 unspecified atom stereocenters. The molecular weight excluding hydrogens is 292 g/mol. The highest BCUT2D eigenvalue weighted by Gasteiger charge is 2.22. The van der Waals surface area contributed by atoms with Crippen LogP contribution in [0, 0.1) is 0 Å². The molecule has 1 saturated heterocycles. The fourth-order valence-corrected chi connectivity index (χ4v) is 2.90. The summed E-state index contributed by atoms with van der Waals surface area (Å²) in [6, 6.07) is 1.83. The van der Waals surface area contributed by atoms with Crippen molar-refractivity contribution in [2.75, 3.05) is 36.0 Å². The molecule has 3 aromatic heterocycles. The summed E-state index contributed by atoms with van der Waals surface area (Å²) in [5.41, 5.74) is 1.77. The van der Waals surface area contributed by atoms with Crippen molar-refractivity contribution in [2.24, 2.45) is 0 Å². The summed E-state index contributed by atoms with van der Waals surface area (Å²) in [5, 5.41) is 0. The highest BCUT2D eigenvalue weighted by atomic mass is 15.3. The third-order valence-electron chi connectivity index (χ3n) is 4.14. The molecule has 0 N–H and O–H groups in total. The quantitative estimate of drug-likeness (QED) is 0.713. The predicted octanol–water partition coefficient (Wildman–Crippen LogP) is 0.963. The van der Waals surface area contributed by atoms with E-state index in [1.807, 2.05) is 17.0 Å². The second-order valence-corrected chi connectivity index (χ2v) is 5.42. The number of anilines is 2. The largest absolute Gasteiger partial charge is 0.351 e. The van der Waals surface area contributed by atoms with Crippen molar-refractivity contribution in [1.29, 1.82) is 0 Å². The Morgan fingerprint density at radius 3 is 2.39 bits per heavy atom. The molecule has 0 atom stereocenters. The van der Waals surface area contributed by atoms with E-state index in [0.29, 0.717) is 0 Å². The van der Waals surface area contributed by atoms with Gasteiger partial charge in [-0.25, -0.2) is 24.9 Å². The van der Waals surface area contributed by atoms with Gasteiger partial charge >= 0.3 is 0 Å². The van der Waals surface area contributed by atoms with Gasteiger partial charge in [-0.05, 0) is 13.0 Å². The molecule has 0 bridgehead atoms. The average Bonchev–Trinajstić information content (AvgIpc) is 3.06. The Morgan fingerprint density at radius 2 is 1.65 bits per heavy atom. The lowest BCUT2D eigenvalue weighted by Gasteiger charge is -2.35. The van der Waals surface area contributed by atoms with Gasteiger partial charge in [-0.2, -0.15) is 0 Å². The maximum Gasteiger partial charge on any atom is 0.225 e. The molecule has 3 aromatic rings. The average molecular weight is 310 g/mol. The van der Waals surface area contributed by atoms with E-state index in [1.54, 1.807) is 18.7 Å². The lowest BCUT2D eigenvalue weighted by molar-refractivity contribution is 0.635. The lowest BCUT2D eigenvalue weighted by Crippen LogP contribution is -2.47. The van der Waals surface area contributed by atoms with Crippen molar-refractivity contribution in [3.63, 3.8) is 0 Å². The Balaban J connectivity index is 1.56. The van der Waals surface area contributed by atoms with Gasteiger partial charge in [-0.3, -0.25) is 0 Å². The van der Waals surface area contributed by atoms with Gasteiger partial charge in [-0.1, -0.05) is 0 Å². The number of fused-ring (bicyclic) bond motifs is 1. The van der Waals surface area contributed by atoms with Crippen molar-refractivity contribution in [1.82, 2.24) is 29.5 Å². The molecule has 23 heavy (non-hydrogen) atoms. The minimum atomic E-state index is 0.787. The molecule has 8 heteroatoms. The van der Waals surface area contributed by atoms with Crippen LogP contribution in [0.25, 0.3) is 11.2 Å². The minimum Gasteiger partial charge on any atom is -0.351 e. The molecular formula is C15H18N8. The summed E-state index contributed by atoms with van der Waals surface area (Å²) in [6.07, 6.45) is 7.01. The normalized spacial score (nSPS) is 15.3. The molecule has 0 aromatic carbocycles. The third kappa shape index (κ3) is 2.45. The number of nitrogens with zero attached hydrogens (tertiary/aromatic N) is 8. The van der Waals surface area contributed by atoms with Crippen molar-refractivity contribution in [3.05, 3.63) is 31.1 Å². The first-order valence-corrected chi connectivity index (χ1v) is 7.79. The molecule has 0 aliphatic carbocycles. The number of imidazole rings is 1. The van der Waals surface area contributed by atoms with E-state index in [1.165, 1.54) is 0 Å². The summed E-state index contributed by atoms with van der Waals surface area (Å²) in [5.74, 6) is 1.70. The highest BCUT2D eigenvalue weighted by molar-refractivity contribution is 5.83. The van der Waals surface area contributed by atoms with Crippen LogP contribution < -0.4 is 9.80 Å². The van der Waals surface area contributed by atoms with E-state index >= 15 is 0 Å². The second-order valence-electron chi connectivity index (χ2n) is 5.42. The monoisotopic (exact) mass is 310 g/mol. The molecule has 4 rings (SSSR count). The first kappa shape index (κ1) is 13.9. The Morgan fingerprint density at radius 1 is 0.913 bits per heavy atom. The molecule has 118 valence electrons. The van der Waals surface area contributed by atoms with Gasteiger partial charge in [-0.15, -0.1) is 0 Å². The topological polar surface area (TPSA) is 75.9 Å². The first-order valence-electron chi connectivity index (χ1n) is 7.79. The van der Waals surface area contributed by atoms with Crippen LogP contribution in [-0.4, -0.2) is 55.7 Å². The zero-order chi connectivity index (χ0) is 15.6. The summed E-state index contributed by atoms with van der Waals surface area (Å²) in [7, 11) is 0. The van der Waals surface area contributed by atoms with Gasteiger partial charge in [0.1, 0.15) is 6.33 Å². The molecule has 0 radical (unpaired) electrons. The van der Waals surface area contributed by atoms with Gasteiger partial charge < -0.3 is 14.4 Å². The molecule has 1 aliphatic heterocycles. The zero-order valence-corrected chi connectivity index (χ0v) is 13.0. The van der Waals surface area contributed by atoms with E-state index in [4.69, 9.17) is 0 Å². The van der Waals surface area contributed by atoms with Crippen molar-refractivity contribution >= 4 is 22.9 Å². The fourth-order valence-electron chi connectivity index (χ4n) is 2.90. The standard InChI is InChI=1S/C15H18N8/c1-2-21-11-20-12-13(21)18-10-19-14(12)22-6-8-23(9-7-22)15-16-4-3-5-17-15/h3-5,10-11H,2,6-9H2,1H3. The van der Waals surface area contributed by atoms with Crippen molar-refractivity contribution in [2.45, 2.75) is 13.5 Å². The van der Waals surface area contributed by atoms with E-state index in [-0.39, 0.29) is 0 Å². The van der Waals surface area contributed by atoms with Crippen LogP contribution in [0.2, 0.25) is 0 Å². The van der Waals surface area contributed by atoms with Gasteiger partial charge in [0.15, 0.2) is 17.0 Å². The Hall–Kier alpha value is -2.77. The van der Waals surface area contributed by atoms with Crippen LogP contribution >= 0.6 is 0 Å². The van der Waals surface area contributed by atoms with Gasteiger partial charge in [0, 0.05) is 45.1 Å². The summed E-state index contributed by atoms with van der Waals surface area (Å²) < 4.78 is 2.04. The first-order chi connectivity index (χ1) is 11.4. The minimum absolute atomic E-state index is 0.787. The SMILES string of the molecule is CCn1cnc2c(N3CCN(c4ncccn4)CC3)ncnc21. The van der Waals surface area contributed by atoms with Crippen LogP contribution in [0.5, 0.6) is 0 Å². The summed E-state index contributed by atoms with van der Waals surface area (Å²) >= 11 is 0. The van der Waals surface area contributed by atoms with E-state index in [0.717, 1.165) is 55.7 Å². The smallest absolute Gasteiger partial charge is 0.225 e. The predicted molar refractivity (Wildman–Crippen MR) is 87.5 cm³/mol. The van der Waals surface area contributed by atoms with Crippen molar-refractivity contribution < 1.29 is 0 Å². The van der Waals surface area contributed by atoms with Crippen LogP contribution in [0.15, 0.2) is 31.1 Å². The van der Waals surface area contributed by atoms with Gasteiger partial charge in [0.2, 0.25) is 5.95 Å². The maximum atomic E-state index is 4.50. The van der Waals surface area contributed by atoms with Crippen LogP contribution in [-0.2, 0) is 6.54 Å². The number of aryl methyl sites for hydroxylation is 1. The summed E-state index contributed by atoms with van der Waals surface area (Å²) in [6.45, 7) is 6.40. The van der Waals surface area contributed by atoms with E-state index in [2.05, 4.69) is 41.6 Å². The Bertz CT molecular complexity index is 792. The van der Waals surface area contributed by atoms with E-state index < -0.39 is 0 Å². The molecule has 1 fully saturated rings. The summed E-state index contributed by atoms with van der Waals surface area (Å²) in [4.78, 5) is 26.4. The molecule has 0 saturated carbocycles. The lowest BCUT2D eigenvalue weighted by atomic mass is 10.3. The zero-order valence-electron chi connectivity index (χ0n) is 13.0.